The monoisotopic (exact) mass is 398 g/mol. The van der Waals surface area contributed by atoms with E-state index in [-0.39, 0.29) is 11.9 Å². The minimum atomic E-state index is 0.0153. The standard InChI is InChI=1S/C19H22N6O2S/c1-14-4-9-23(17-13-15(27-2)3-6-20-17)10-11-24(14)18(26)16-5-12-28-19(16)25-21-7-8-22-25/h3,5-8,12-14H,4,9-11H2,1-2H3/t14-/m1/s1. The predicted octanol–water partition coefficient (Wildman–Crippen LogP) is 2.47. The second-order valence-electron chi connectivity index (χ2n) is 6.64. The Balaban J connectivity index is 1.53. The lowest BCUT2D eigenvalue weighted by atomic mass is 10.1. The fourth-order valence-electron chi connectivity index (χ4n) is 3.38. The first-order valence-corrected chi connectivity index (χ1v) is 10.1. The van der Waals surface area contributed by atoms with Crippen molar-refractivity contribution in [1.29, 1.82) is 0 Å². The normalized spacial score (nSPS) is 17.4. The van der Waals surface area contributed by atoms with Crippen molar-refractivity contribution >= 4 is 23.1 Å². The summed E-state index contributed by atoms with van der Waals surface area (Å²) >= 11 is 1.46. The number of carbonyl (C=O) groups is 1. The number of aromatic nitrogens is 4. The Labute approximate surface area is 167 Å². The molecule has 3 aromatic rings. The summed E-state index contributed by atoms with van der Waals surface area (Å²) in [5.74, 6) is 1.67. The van der Waals surface area contributed by atoms with Gasteiger partial charge in [0.15, 0.2) is 5.00 Å². The summed E-state index contributed by atoms with van der Waals surface area (Å²) in [5, 5.41) is 11.0. The summed E-state index contributed by atoms with van der Waals surface area (Å²) in [6, 6.07) is 5.75. The van der Waals surface area contributed by atoms with E-state index in [1.165, 1.54) is 16.1 Å². The lowest BCUT2D eigenvalue weighted by Crippen LogP contribution is -2.40. The van der Waals surface area contributed by atoms with Crippen LogP contribution in [-0.4, -0.2) is 63.6 Å². The van der Waals surface area contributed by atoms with Gasteiger partial charge in [-0.25, -0.2) is 4.98 Å². The van der Waals surface area contributed by atoms with Gasteiger partial charge in [-0.15, -0.1) is 16.1 Å². The molecule has 146 valence electrons. The molecule has 4 rings (SSSR count). The number of hydrogen-bond donors (Lipinski definition) is 0. The van der Waals surface area contributed by atoms with E-state index in [1.54, 1.807) is 25.7 Å². The topological polar surface area (TPSA) is 76.4 Å². The highest BCUT2D eigenvalue weighted by atomic mass is 32.1. The lowest BCUT2D eigenvalue weighted by molar-refractivity contribution is 0.0705. The van der Waals surface area contributed by atoms with Crippen molar-refractivity contribution in [3.05, 3.63) is 47.7 Å². The second kappa shape index (κ2) is 7.97. The largest absolute Gasteiger partial charge is 0.497 e. The molecule has 28 heavy (non-hydrogen) atoms. The molecule has 0 saturated carbocycles. The number of nitrogens with zero attached hydrogens (tertiary/aromatic N) is 6. The van der Waals surface area contributed by atoms with Crippen molar-refractivity contribution in [3.63, 3.8) is 0 Å². The van der Waals surface area contributed by atoms with Gasteiger partial charge in [-0.3, -0.25) is 4.79 Å². The number of anilines is 1. The quantitative estimate of drug-likeness (QED) is 0.672. The van der Waals surface area contributed by atoms with Crippen LogP contribution in [-0.2, 0) is 0 Å². The first-order chi connectivity index (χ1) is 13.7. The van der Waals surface area contributed by atoms with E-state index >= 15 is 0 Å². The van der Waals surface area contributed by atoms with Crippen LogP contribution in [0.4, 0.5) is 5.82 Å². The molecule has 0 radical (unpaired) electrons. The van der Waals surface area contributed by atoms with Crippen LogP contribution in [0.25, 0.3) is 5.00 Å². The Kier molecular flexibility index (Phi) is 5.25. The predicted molar refractivity (Wildman–Crippen MR) is 107 cm³/mol. The second-order valence-corrected chi connectivity index (χ2v) is 7.53. The molecule has 0 bridgehead atoms. The summed E-state index contributed by atoms with van der Waals surface area (Å²) in [6.45, 7) is 4.28. The van der Waals surface area contributed by atoms with Crippen molar-refractivity contribution in [2.24, 2.45) is 0 Å². The van der Waals surface area contributed by atoms with Crippen LogP contribution in [0.1, 0.15) is 23.7 Å². The Morgan fingerprint density at radius 3 is 2.79 bits per heavy atom. The molecule has 1 aliphatic heterocycles. The minimum absolute atomic E-state index is 0.0153. The fourth-order valence-corrected chi connectivity index (χ4v) is 4.19. The first-order valence-electron chi connectivity index (χ1n) is 9.17. The van der Waals surface area contributed by atoms with Crippen LogP contribution in [0.3, 0.4) is 0 Å². The van der Waals surface area contributed by atoms with Crippen LogP contribution in [0.15, 0.2) is 42.2 Å². The van der Waals surface area contributed by atoms with Gasteiger partial charge in [0.05, 0.1) is 25.1 Å². The molecule has 1 saturated heterocycles. The molecule has 9 heteroatoms. The van der Waals surface area contributed by atoms with Gasteiger partial charge < -0.3 is 14.5 Å². The maximum atomic E-state index is 13.3. The molecule has 0 N–H and O–H groups in total. The van der Waals surface area contributed by atoms with Crippen LogP contribution < -0.4 is 9.64 Å². The van der Waals surface area contributed by atoms with E-state index in [1.807, 2.05) is 28.5 Å². The molecule has 8 nitrogen and oxygen atoms in total. The van der Waals surface area contributed by atoms with Crippen LogP contribution in [0.5, 0.6) is 5.75 Å². The van der Waals surface area contributed by atoms with Gasteiger partial charge in [-0.2, -0.15) is 10.2 Å². The molecular weight excluding hydrogens is 376 g/mol. The Hall–Kier alpha value is -2.94. The summed E-state index contributed by atoms with van der Waals surface area (Å²) in [5.41, 5.74) is 0.640. The average molecular weight is 398 g/mol. The van der Waals surface area contributed by atoms with Crippen molar-refractivity contribution < 1.29 is 9.53 Å². The molecule has 0 spiro atoms. The Morgan fingerprint density at radius 2 is 2.00 bits per heavy atom. The number of pyridine rings is 1. The van der Waals surface area contributed by atoms with Crippen molar-refractivity contribution in [2.45, 2.75) is 19.4 Å². The highest BCUT2D eigenvalue weighted by molar-refractivity contribution is 7.12. The van der Waals surface area contributed by atoms with Gasteiger partial charge >= 0.3 is 0 Å². The first kappa shape index (κ1) is 18.4. The average Bonchev–Trinajstić information content (AvgIpc) is 3.38. The minimum Gasteiger partial charge on any atom is -0.497 e. The Morgan fingerprint density at radius 1 is 1.18 bits per heavy atom. The number of hydrogen-bond acceptors (Lipinski definition) is 7. The van der Waals surface area contributed by atoms with Crippen LogP contribution in [0.2, 0.25) is 0 Å². The summed E-state index contributed by atoms with van der Waals surface area (Å²) in [7, 11) is 1.65. The molecular formula is C19H22N6O2S. The van der Waals surface area contributed by atoms with Crippen molar-refractivity contribution in [2.75, 3.05) is 31.6 Å². The molecule has 1 aliphatic rings. The van der Waals surface area contributed by atoms with E-state index in [4.69, 9.17) is 4.74 Å². The van der Waals surface area contributed by atoms with Gasteiger partial charge in [0.25, 0.3) is 5.91 Å². The SMILES string of the molecule is COc1ccnc(N2CC[C@@H](C)N(C(=O)c3ccsc3-n3nccn3)CC2)c1. The molecule has 3 aromatic heterocycles. The zero-order valence-corrected chi connectivity index (χ0v) is 16.7. The zero-order chi connectivity index (χ0) is 19.5. The summed E-state index contributed by atoms with van der Waals surface area (Å²) in [4.78, 5) is 23.4. The highest BCUT2D eigenvalue weighted by Crippen LogP contribution is 2.25. The van der Waals surface area contributed by atoms with Crippen LogP contribution in [0, 0.1) is 0 Å². The zero-order valence-electron chi connectivity index (χ0n) is 15.9. The molecule has 0 aromatic carbocycles. The van der Waals surface area contributed by atoms with E-state index in [0.717, 1.165) is 36.1 Å². The van der Waals surface area contributed by atoms with Crippen LogP contribution >= 0.6 is 11.3 Å². The molecule has 1 fully saturated rings. The highest BCUT2D eigenvalue weighted by Gasteiger charge is 2.28. The third kappa shape index (κ3) is 3.57. The van der Waals surface area contributed by atoms with Crippen molar-refractivity contribution in [3.8, 4) is 10.8 Å². The van der Waals surface area contributed by atoms with Gasteiger partial charge in [0, 0.05) is 37.9 Å². The number of carbonyl (C=O) groups excluding carboxylic acids is 1. The van der Waals surface area contributed by atoms with Gasteiger partial charge in [0.1, 0.15) is 11.6 Å². The maximum Gasteiger partial charge on any atom is 0.257 e. The van der Waals surface area contributed by atoms with Gasteiger partial charge in [-0.05, 0) is 30.9 Å². The van der Waals surface area contributed by atoms with Gasteiger partial charge in [0.2, 0.25) is 0 Å². The number of amides is 1. The fraction of sp³-hybridized carbons (Fsp3) is 0.368. The van der Waals surface area contributed by atoms with E-state index in [0.29, 0.717) is 12.1 Å². The van der Waals surface area contributed by atoms with E-state index < -0.39 is 0 Å². The third-order valence-electron chi connectivity index (χ3n) is 4.97. The summed E-state index contributed by atoms with van der Waals surface area (Å²) in [6.07, 6.45) is 5.84. The Bertz CT molecular complexity index is 942. The smallest absolute Gasteiger partial charge is 0.257 e. The lowest BCUT2D eigenvalue weighted by Gasteiger charge is -2.26. The molecule has 1 amide bonds. The molecule has 0 unspecified atom stereocenters. The molecule has 4 heterocycles. The summed E-state index contributed by atoms with van der Waals surface area (Å²) < 4.78 is 5.31. The maximum absolute atomic E-state index is 13.3. The number of methoxy groups -OCH3 is 1. The third-order valence-corrected chi connectivity index (χ3v) is 5.85. The number of rotatable bonds is 4. The molecule has 1 atom stereocenters. The van der Waals surface area contributed by atoms with E-state index in [9.17, 15) is 4.79 Å². The number of thiophene rings is 1. The van der Waals surface area contributed by atoms with Gasteiger partial charge in [-0.1, -0.05) is 0 Å². The van der Waals surface area contributed by atoms with Crippen molar-refractivity contribution in [1.82, 2.24) is 24.9 Å². The van der Waals surface area contributed by atoms with E-state index in [2.05, 4.69) is 27.0 Å². The molecule has 0 aliphatic carbocycles. The number of ether oxygens (including phenoxy) is 1.